The van der Waals surface area contributed by atoms with Crippen LogP contribution in [-0.2, 0) is 4.74 Å². The summed E-state index contributed by atoms with van der Waals surface area (Å²) in [6, 6.07) is 9.65. The fourth-order valence-electron chi connectivity index (χ4n) is 2.54. The lowest BCUT2D eigenvalue weighted by Gasteiger charge is -2.36. The predicted octanol–water partition coefficient (Wildman–Crippen LogP) is 2.94. The topological polar surface area (TPSA) is 80.4 Å². The molecule has 1 aliphatic heterocycles. The lowest BCUT2D eigenvalue weighted by molar-refractivity contribution is 0.0186. The molecule has 2 rings (SSSR count). The summed E-state index contributed by atoms with van der Waals surface area (Å²) < 4.78 is 11.2. The van der Waals surface area contributed by atoms with Crippen LogP contribution in [0.3, 0.4) is 0 Å². The van der Waals surface area contributed by atoms with E-state index < -0.39 is 5.60 Å². The molecule has 1 unspecified atom stereocenters. The highest BCUT2D eigenvalue weighted by Crippen LogP contribution is 2.12. The summed E-state index contributed by atoms with van der Waals surface area (Å²) in [5, 5.41) is 0. The SMILES string of the molecule is CC(CN=C(N)N1CCN(C(=O)OC(C)(C)C)CC1)Oc1ccccc1.I. The van der Waals surface area contributed by atoms with E-state index in [1.165, 1.54) is 0 Å². The second-order valence-corrected chi connectivity index (χ2v) is 7.39. The minimum atomic E-state index is -0.483. The first-order chi connectivity index (χ1) is 12.2. The molecular weight excluding hydrogens is 459 g/mol. The summed E-state index contributed by atoms with van der Waals surface area (Å²) in [5.74, 6) is 1.30. The number of carbonyl (C=O) groups excluding carboxylic acids is 1. The molecule has 0 spiro atoms. The van der Waals surface area contributed by atoms with Gasteiger partial charge in [0, 0.05) is 26.2 Å². The Bertz CT molecular complexity index is 611. The number of nitrogens with zero attached hydrogens (tertiary/aromatic N) is 3. The predicted molar refractivity (Wildman–Crippen MR) is 118 cm³/mol. The minimum Gasteiger partial charge on any atom is -0.489 e. The van der Waals surface area contributed by atoms with Crippen molar-refractivity contribution in [1.82, 2.24) is 9.80 Å². The van der Waals surface area contributed by atoms with Gasteiger partial charge in [-0.25, -0.2) is 9.79 Å². The van der Waals surface area contributed by atoms with E-state index in [-0.39, 0.29) is 36.2 Å². The van der Waals surface area contributed by atoms with Gasteiger partial charge in [-0.2, -0.15) is 0 Å². The summed E-state index contributed by atoms with van der Waals surface area (Å²) in [4.78, 5) is 20.2. The van der Waals surface area contributed by atoms with Crippen LogP contribution in [-0.4, -0.2) is 66.3 Å². The van der Waals surface area contributed by atoms with Gasteiger partial charge in [0.25, 0.3) is 0 Å². The van der Waals surface area contributed by atoms with Crippen molar-refractivity contribution in [2.75, 3.05) is 32.7 Å². The molecule has 1 aliphatic rings. The zero-order valence-corrected chi connectivity index (χ0v) is 18.9. The van der Waals surface area contributed by atoms with Crippen molar-refractivity contribution >= 4 is 36.0 Å². The van der Waals surface area contributed by atoms with Crippen molar-refractivity contribution in [2.45, 2.75) is 39.4 Å². The number of guanidine groups is 1. The highest BCUT2D eigenvalue weighted by Gasteiger charge is 2.26. The maximum absolute atomic E-state index is 12.1. The van der Waals surface area contributed by atoms with Crippen molar-refractivity contribution in [3.05, 3.63) is 30.3 Å². The zero-order valence-electron chi connectivity index (χ0n) is 16.6. The maximum Gasteiger partial charge on any atom is 0.410 e. The van der Waals surface area contributed by atoms with E-state index in [1.54, 1.807) is 4.90 Å². The number of nitrogens with two attached hydrogens (primary N) is 1. The van der Waals surface area contributed by atoms with Crippen LogP contribution in [0.1, 0.15) is 27.7 Å². The summed E-state index contributed by atoms with van der Waals surface area (Å²) >= 11 is 0. The number of hydrogen-bond acceptors (Lipinski definition) is 4. The van der Waals surface area contributed by atoms with E-state index in [4.69, 9.17) is 15.2 Å². The van der Waals surface area contributed by atoms with Crippen LogP contribution in [0, 0.1) is 0 Å². The lowest BCUT2D eigenvalue weighted by Crippen LogP contribution is -2.53. The van der Waals surface area contributed by atoms with E-state index >= 15 is 0 Å². The fraction of sp³-hybridized carbons (Fsp3) is 0.579. The third-order valence-electron chi connectivity index (χ3n) is 3.85. The van der Waals surface area contributed by atoms with Gasteiger partial charge in [-0.15, -0.1) is 24.0 Å². The number of benzene rings is 1. The molecule has 0 aliphatic carbocycles. The van der Waals surface area contributed by atoms with Crippen LogP contribution < -0.4 is 10.5 Å². The average molecular weight is 490 g/mol. The highest BCUT2D eigenvalue weighted by molar-refractivity contribution is 14.0. The zero-order chi connectivity index (χ0) is 19.2. The fourth-order valence-corrected chi connectivity index (χ4v) is 2.54. The summed E-state index contributed by atoms with van der Waals surface area (Å²) in [6.07, 6.45) is -0.350. The van der Waals surface area contributed by atoms with E-state index in [0.29, 0.717) is 38.7 Å². The monoisotopic (exact) mass is 490 g/mol. The molecule has 1 aromatic carbocycles. The number of para-hydroxylation sites is 1. The number of amides is 1. The van der Waals surface area contributed by atoms with Gasteiger partial charge in [0.15, 0.2) is 5.96 Å². The quantitative estimate of drug-likeness (QED) is 0.399. The van der Waals surface area contributed by atoms with Gasteiger partial charge in [-0.1, -0.05) is 18.2 Å². The molecule has 0 saturated carbocycles. The number of halogens is 1. The van der Waals surface area contributed by atoms with Crippen LogP contribution in [0.2, 0.25) is 0 Å². The van der Waals surface area contributed by atoms with Crippen molar-refractivity contribution in [2.24, 2.45) is 10.7 Å². The van der Waals surface area contributed by atoms with Gasteiger partial charge < -0.3 is 25.0 Å². The number of hydrogen-bond donors (Lipinski definition) is 1. The Morgan fingerprint density at radius 3 is 2.26 bits per heavy atom. The average Bonchev–Trinajstić information content (AvgIpc) is 2.59. The van der Waals surface area contributed by atoms with Crippen LogP contribution in [0.5, 0.6) is 5.75 Å². The number of aliphatic imine (C=N–C) groups is 1. The van der Waals surface area contributed by atoms with Crippen LogP contribution in [0.4, 0.5) is 4.79 Å². The maximum atomic E-state index is 12.1. The molecule has 27 heavy (non-hydrogen) atoms. The number of rotatable bonds is 4. The van der Waals surface area contributed by atoms with Crippen molar-refractivity contribution in [3.63, 3.8) is 0 Å². The van der Waals surface area contributed by atoms with Crippen LogP contribution in [0.25, 0.3) is 0 Å². The lowest BCUT2D eigenvalue weighted by atomic mass is 10.2. The highest BCUT2D eigenvalue weighted by atomic mass is 127. The molecule has 0 radical (unpaired) electrons. The Morgan fingerprint density at radius 2 is 1.70 bits per heavy atom. The first kappa shape index (κ1) is 23.3. The molecule has 7 nitrogen and oxygen atoms in total. The van der Waals surface area contributed by atoms with E-state index in [1.807, 2.05) is 62.9 Å². The molecule has 8 heteroatoms. The standard InChI is InChI=1S/C19H30N4O3.HI/c1-15(25-16-8-6-5-7-9-16)14-21-17(20)22-10-12-23(13-11-22)18(24)26-19(2,3)4;/h5-9,15H,10-14H2,1-4H3,(H2,20,21);1H. The Kier molecular flexibility index (Phi) is 9.14. The van der Waals surface area contributed by atoms with Gasteiger partial charge in [0.05, 0.1) is 6.54 Å². The molecule has 1 atom stereocenters. The summed E-state index contributed by atoms with van der Waals surface area (Å²) in [5.41, 5.74) is 5.62. The van der Waals surface area contributed by atoms with E-state index in [9.17, 15) is 4.79 Å². The Morgan fingerprint density at radius 1 is 1.15 bits per heavy atom. The number of piperazine rings is 1. The van der Waals surface area contributed by atoms with Crippen LogP contribution in [0.15, 0.2) is 35.3 Å². The molecule has 0 bridgehead atoms. The van der Waals surface area contributed by atoms with Gasteiger partial charge in [0.1, 0.15) is 17.5 Å². The minimum absolute atomic E-state index is 0. The molecule has 2 N–H and O–H groups in total. The third kappa shape index (κ3) is 8.23. The Balaban J connectivity index is 0.00000364. The van der Waals surface area contributed by atoms with Crippen LogP contribution >= 0.6 is 24.0 Å². The van der Waals surface area contributed by atoms with Gasteiger partial charge in [-0.05, 0) is 39.8 Å². The molecule has 1 heterocycles. The number of ether oxygens (including phenoxy) is 2. The second kappa shape index (κ2) is 10.6. The summed E-state index contributed by atoms with van der Waals surface area (Å²) in [6.45, 7) is 10.5. The first-order valence-corrected chi connectivity index (χ1v) is 8.99. The van der Waals surface area contributed by atoms with Gasteiger partial charge in [0.2, 0.25) is 0 Å². The van der Waals surface area contributed by atoms with E-state index in [0.717, 1.165) is 5.75 Å². The summed E-state index contributed by atoms with van der Waals surface area (Å²) in [7, 11) is 0. The molecule has 1 amide bonds. The van der Waals surface area contributed by atoms with Gasteiger partial charge >= 0.3 is 6.09 Å². The van der Waals surface area contributed by atoms with Crippen molar-refractivity contribution in [3.8, 4) is 5.75 Å². The van der Waals surface area contributed by atoms with E-state index in [2.05, 4.69) is 4.99 Å². The number of carbonyl (C=O) groups is 1. The third-order valence-corrected chi connectivity index (χ3v) is 3.85. The molecular formula is C19H31IN4O3. The second-order valence-electron chi connectivity index (χ2n) is 7.39. The largest absolute Gasteiger partial charge is 0.489 e. The molecule has 1 aromatic rings. The molecule has 0 aromatic heterocycles. The van der Waals surface area contributed by atoms with Crippen molar-refractivity contribution < 1.29 is 14.3 Å². The molecule has 1 saturated heterocycles. The van der Waals surface area contributed by atoms with Gasteiger partial charge in [-0.3, -0.25) is 0 Å². The molecule has 152 valence electrons. The smallest absolute Gasteiger partial charge is 0.410 e. The Labute approximate surface area is 178 Å². The first-order valence-electron chi connectivity index (χ1n) is 8.99. The molecule has 1 fully saturated rings. The van der Waals surface area contributed by atoms with Crippen molar-refractivity contribution in [1.29, 1.82) is 0 Å². The normalized spacial score (nSPS) is 16.4. The Hall–Kier alpha value is -1.71.